The van der Waals surface area contributed by atoms with Gasteiger partial charge in [-0.1, -0.05) is 19.8 Å². The second-order valence-corrected chi connectivity index (χ2v) is 9.59. The summed E-state index contributed by atoms with van der Waals surface area (Å²) in [4.78, 5) is 0. The molecule has 0 nitrogen and oxygen atoms in total. The fraction of sp³-hybridized carbons (Fsp3) is 1.00. The van der Waals surface area contributed by atoms with E-state index in [1.807, 2.05) is 0 Å². The second kappa shape index (κ2) is 6.03. The van der Waals surface area contributed by atoms with Crippen LogP contribution in [0.1, 0.15) is 45.4 Å². The first-order valence-corrected chi connectivity index (χ1v) is 8.73. The van der Waals surface area contributed by atoms with Crippen LogP contribution in [0.25, 0.3) is 0 Å². The molecule has 2 aliphatic rings. The molecule has 0 amide bonds. The Morgan fingerprint density at radius 2 is 1.86 bits per heavy atom. The van der Waals surface area contributed by atoms with Crippen LogP contribution >= 0.6 is 31.2 Å². The summed E-state index contributed by atoms with van der Waals surface area (Å²) < 4.78 is 0. The van der Waals surface area contributed by atoms with Gasteiger partial charge in [-0.25, -0.2) is 0 Å². The van der Waals surface area contributed by atoms with E-state index in [1.54, 1.807) is 50.3 Å². The summed E-state index contributed by atoms with van der Waals surface area (Å²) in [6.07, 6.45) is 15.9. The monoisotopic (exact) mass is 327 g/mol. The lowest BCUT2D eigenvalue weighted by Crippen LogP contribution is -2.01. The molecule has 2 saturated heterocycles. The number of halogens is 1. The van der Waals surface area contributed by atoms with E-state index in [-0.39, 0.29) is 31.2 Å². The molecule has 84 valence electrons. The highest BCUT2D eigenvalue weighted by Crippen LogP contribution is 2.69. The molecule has 0 bridgehead atoms. The molecule has 2 rings (SSSR count). The van der Waals surface area contributed by atoms with Crippen LogP contribution in [0.5, 0.6) is 0 Å². The molecule has 1 unspecified atom stereocenters. The average molecular weight is 327 g/mol. The summed E-state index contributed by atoms with van der Waals surface area (Å²) in [5.74, 6) is 1.16. The minimum absolute atomic E-state index is 0. The second-order valence-electron chi connectivity index (χ2n) is 5.20. The van der Waals surface area contributed by atoms with Crippen LogP contribution < -0.4 is 0 Å². The van der Waals surface area contributed by atoms with E-state index in [1.165, 1.54) is 12.8 Å². The lowest BCUT2D eigenvalue weighted by Gasteiger charge is -2.15. The molecule has 0 aliphatic carbocycles. The van der Waals surface area contributed by atoms with E-state index in [4.69, 9.17) is 0 Å². The van der Waals surface area contributed by atoms with Crippen molar-refractivity contribution in [2.75, 3.05) is 24.6 Å². The minimum Gasteiger partial charge on any atom is -0.107 e. The van der Waals surface area contributed by atoms with Crippen LogP contribution in [0, 0.1) is 5.92 Å². The van der Waals surface area contributed by atoms with Crippen molar-refractivity contribution >= 4 is 31.2 Å². The standard InChI is InChI=1S/C12H24P.HI/c1-2-3-6-12-7-10-13(11-12)8-4-5-9-13;/h12H,2-11H2,1H3;1H/q+1;. The Balaban J connectivity index is 0.000000980. The fourth-order valence-electron chi connectivity index (χ4n) is 3.33. The smallest absolute Gasteiger partial charge is 0.0623 e. The number of hydrogen-bond acceptors (Lipinski definition) is 0. The van der Waals surface area contributed by atoms with Gasteiger partial charge in [0.1, 0.15) is 0 Å². The topological polar surface area (TPSA) is 0 Å². The first kappa shape index (κ1) is 13.2. The Labute approximate surface area is 107 Å². The molecule has 0 saturated carbocycles. The molecule has 1 spiro atoms. The molecule has 2 heteroatoms. The summed E-state index contributed by atoms with van der Waals surface area (Å²) in [6, 6.07) is 0. The minimum atomic E-state index is -0.294. The first-order chi connectivity index (χ1) is 6.35. The van der Waals surface area contributed by atoms with Gasteiger partial charge in [0, 0.05) is 7.26 Å². The number of rotatable bonds is 3. The Hall–Kier alpha value is 1.16. The van der Waals surface area contributed by atoms with Gasteiger partial charge in [-0.15, -0.1) is 24.0 Å². The predicted octanol–water partition coefficient (Wildman–Crippen LogP) is 4.63. The van der Waals surface area contributed by atoms with Gasteiger partial charge in [-0.05, 0) is 31.6 Å². The average Bonchev–Trinajstić information content (AvgIpc) is 2.74. The number of hydrogen-bond donors (Lipinski definition) is 0. The lowest BCUT2D eigenvalue weighted by atomic mass is 10.0. The van der Waals surface area contributed by atoms with Crippen LogP contribution in [0.4, 0.5) is 0 Å². The lowest BCUT2D eigenvalue weighted by molar-refractivity contribution is 0.517. The Kier molecular flexibility index (Phi) is 5.70. The van der Waals surface area contributed by atoms with E-state index in [9.17, 15) is 0 Å². The largest absolute Gasteiger partial charge is 0.107 e. The van der Waals surface area contributed by atoms with Crippen molar-refractivity contribution in [3.63, 3.8) is 0 Å². The molecule has 0 aromatic carbocycles. The van der Waals surface area contributed by atoms with Crippen molar-refractivity contribution in [2.45, 2.75) is 45.4 Å². The Morgan fingerprint density at radius 3 is 2.50 bits per heavy atom. The van der Waals surface area contributed by atoms with Crippen molar-refractivity contribution < 1.29 is 0 Å². The predicted molar refractivity (Wildman–Crippen MR) is 78.7 cm³/mol. The van der Waals surface area contributed by atoms with E-state index < -0.39 is 0 Å². The molecular weight excluding hydrogens is 302 g/mol. The molecule has 2 heterocycles. The number of unbranched alkanes of at least 4 members (excludes halogenated alkanes) is 1. The summed E-state index contributed by atoms with van der Waals surface area (Å²) in [6.45, 7) is 2.33. The molecule has 0 N–H and O–H groups in total. The van der Waals surface area contributed by atoms with Crippen LogP contribution in [-0.4, -0.2) is 24.6 Å². The SMILES string of the molecule is CCCCC1CC[P+]2(CCCC2)C1.I. The van der Waals surface area contributed by atoms with E-state index in [0.29, 0.717) is 0 Å². The molecule has 0 radical (unpaired) electrons. The third-order valence-electron chi connectivity index (χ3n) is 4.14. The maximum absolute atomic E-state index is 2.33. The van der Waals surface area contributed by atoms with Gasteiger partial charge < -0.3 is 0 Å². The highest BCUT2D eigenvalue weighted by Gasteiger charge is 2.46. The molecule has 2 aliphatic heterocycles. The first-order valence-electron chi connectivity index (χ1n) is 6.20. The fourth-order valence-corrected chi connectivity index (χ4v) is 8.71. The van der Waals surface area contributed by atoms with Crippen molar-refractivity contribution in [1.82, 2.24) is 0 Å². The molecule has 0 aromatic heterocycles. The van der Waals surface area contributed by atoms with Gasteiger partial charge >= 0.3 is 0 Å². The Morgan fingerprint density at radius 1 is 1.14 bits per heavy atom. The van der Waals surface area contributed by atoms with Gasteiger partial charge in [0.25, 0.3) is 0 Å². The van der Waals surface area contributed by atoms with Crippen molar-refractivity contribution in [3.05, 3.63) is 0 Å². The molecule has 2 fully saturated rings. The highest BCUT2D eigenvalue weighted by molar-refractivity contribution is 14.0. The van der Waals surface area contributed by atoms with Crippen molar-refractivity contribution in [2.24, 2.45) is 5.92 Å². The van der Waals surface area contributed by atoms with E-state index >= 15 is 0 Å². The summed E-state index contributed by atoms with van der Waals surface area (Å²) >= 11 is 0. The van der Waals surface area contributed by atoms with Crippen LogP contribution in [0.15, 0.2) is 0 Å². The van der Waals surface area contributed by atoms with Gasteiger partial charge in [0.2, 0.25) is 0 Å². The van der Waals surface area contributed by atoms with Crippen molar-refractivity contribution in [3.8, 4) is 0 Å². The van der Waals surface area contributed by atoms with Gasteiger partial charge in [0.15, 0.2) is 0 Å². The zero-order valence-electron chi connectivity index (χ0n) is 9.50. The molecular formula is C12H25IP+. The van der Waals surface area contributed by atoms with Gasteiger partial charge in [0.05, 0.1) is 24.6 Å². The quantitative estimate of drug-likeness (QED) is 0.524. The summed E-state index contributed by atoms with van der Waals surface area (Å²) in [5, 5.41) is 0. The Bertz CT molecular complexity index is 164. The highest BCUT2D eigenvalue weighted by atomic mass is 127. The maximum atomic E-state index is 2.33. The third kappa shape index (κ3) is 3.07. The third-order valence-corrected chi connectivity index (χ3v) is 9.17. The zero-order valence-corrected chi connectivity index (χ0v) is 12.7. The maximum Gasteiger partial charge on any atom is 0.0623 e. The molecule has 14 heavy (non-hydrogen) atoms. The van der Waals surface area contributed by atoms with Gasteiger partial charge in [-0.3, -0.25) is 0 Å². The molecule has 1 atom stereocenters. The zero-order chi connectivity index (χ0) is 9.15. The van der Waals surface area contributed by atoms with E-state index in [0.717, 1.165) is 5.92 Å². The summed E-state index contributed by atoms with van der Waals surface area (Å²) in [5.41, 5.74) is 0. The van der Waals surface area contributed by atoms with Gasteiger partial charge in [-0.2, -0.15) is 0 Å². The van der Waals surface area contributed by atoms with Crippen LogP contribution in [-0.2, 0) is 0 Å². The van der Waals surface area contributed by atoms with Crippen LogP contribution in [0.2, 0.25) is 0 Å². The summed E-state index contributed by atoms with van der Waals surface area (Å²) in [7, 11) is -0.294. The molecule has 0 aromatic rings. The van der Waals surface area contributed by atoms with Crippen molar-refractivity contribution in [1.29, 1.82) is 0 Å². The van der Waals surface area contributed by atoms with Crippen LogP contribution in [0.3, 0.4) is 0 Å². The van der Waals surface area contributed by atoms with E-state index in [2.05, 4.69) is 6.92 Å². The normalized spacial score (nSPS) is 29.4.